The molecule has 0 heterocycles. The number of rotatable bonds is 13. The number of carbonyl (C=O) groups is 2. The molecule has 0 fully saturated rings. The average molecular weight is 637 g/mol. The fourth-order valence-electron chi connectivity index (χ4n) is 4.09. The SMILES string of the molecule is COc1ccc(OC)c(N(CC(=O)N(Cc2ccc(Cl)cc2Cl)C(C)C(=O)NCC(C)C)S(=O)(=O)c2ccccc2)c1. The largest absolute Gasteiger partial charge is 0.497 e. The summed E-state index contributed by atoms with van der Waals surface area (Å²) in [5, 5.41) is 3.56. The molecule has 0 aliphatic carbocycles. The van der Waals surface area contributed by atoms with Crippen LogP contribution >= 0.6 is 23.2 Å². The van der Waals surface area contributed by atoms with E-state index in [4.69, 9.17) is 32.7 Å². The Bertz CT molecular complexity index is 1500. The Labute approximate surface area is 257 Å². The van der Waals surface area contributed by atoms with Crippen molar-refractivity contribution in [3.8, 4) is 11.5 Å². The van der Waals surface area contributed by atoms with Crippen LogP contribution in [0.5, 0.6) is 11.5 Å². The summed E-state index contributed by atoms with van der Waals surface area (Å²) in [5.74, 6) is -0.282. The van der Waals surface area contributed by atoms with Gasteiger partial charge in [0.2, 0.25) is 11.8 Å². The van der Waals surface area contributed by atoms with Crippen LogP contribution in [0.3, 0.4) is 0 Å². The van der Waals surface area contributed by atoms with E-state index in [1.165, 1.54) is 43.4 Å². The summed E-state index contributed by atoms with van der Waals surface area (Å²) < 4.78 is 39.8. The summed E-state index contributed by atoms with van der Waals surface area (Å²) in [4.78, 5) is 28.5. The molecule has 1 atom stereocenters. The normalized spacial score (nSPS) is 12.0. The minimum atomic E-state index is -4.29. The summed E-state index contributed by atoms with van der Waals surface area (Å²) in [6, 6.07) is 16.3. The first-order valence-corrected chi connectivity index (χ1v) is 15.4. The van der Waals surface area contributed by atoms with E-state index in [9.17, 15) is 18.0 Å². The Kier molecular flexibility index (Phi) is 11.5. The topological polar surface area (TPSA) is 105 Å². The van der Waals surface area contributed by atoms with E-state index in [1.54, 1.807) is 49.4 Å². The van der Waals surface area contributed by atoms with Gasteiger partial charge < -0.3 is 19.7 Å². The predicted molar refractivity (Wildman–Crippen MR) is 165 cm³/mol. The highest BCUT2D eigenvalue weighted by molar-refractivity contribution is 7.92. The van der Waals surface area contributed by atoms with Crippen LogP contribution in [0.4, 0.5) is 5.69 Å². The molecule has 0 saturated carbocycles. The molecule has 226 valence electrons. The summed E-state index contributed by atoms with van der Waals surface area (Å²) in [5.41, 5.74) is 0.629. The number of hydrogen-bond donors (Lipinski definition) is 1. The van der Waals surface area contributed by atoms with Gasteiger partial charge in [0.05, 0.1) is 24.8 Å². The fraction of sp³-hybridized carbons (Fsp3) is 0.333. The summed E-state index contributed by atoms with van der Waals surface area (Å²) in [6.45, 7) is 5.18. The second kappa shape index (κ2) is 14.6. The van der Waals surface area contributed by atoms with Crippen LogP contribution in [0.1, 0.15) is 26.3 Å². The maximum atomic E-state index is 14.1. The van der Waals surface area contributed by atoms with Crippen molar-refractivity contribution in [1.29, 1.82) is 0 Å². The molecule has 3 rings (SSSR count). The Morgan fingerprint density at radius 3 is 2.21 bits per heavy atom. The molecule has 0 aliphatic rings. The minimum Gasteiger partial charge on any atom is -0.497 e. The molecule has 0 bridgehead atoms. The predicted octanol–water partition coefficient (Wildman–Crippen LogP) is 5.40. The zero-order valence-corrected chi connectivity index (χ0v) is 26.5. The number of carbonyl (C=O) groups excluding carboxylic acids is 2. The van der Waals surface area contributed by atoms with Gasteiger partial charge in [0.15, 0.2) is 0 Å². The highest BCUT2D eigenvalue weighted by Gasteiger charge is 2.34. The van der Waals surface area contributed by atoms with Gasteiger partial charge in [0, 0.05) is 29.2 Å². The van der Waals surface area contributed by atoms with Crippen LogP contribution < -0.4 is 19.1 Å². The Morgan fingerprint density at radius 1 is 0.929 bits per heavy atom. The van der Waals surface area contributed by atoms with Gasteiger partial charge in [-0.05, 0) is 54.8 Å². The van der Waals surface area contributed by atoms with Gasteiger partial charge >= 0.3 is 0 Å². The lowest BCUT2D eigenvalue weighted by Gasteiger charge is -2.32. The van der Waals surface area contributed by atoms with Crippen molar-refractivity contribution >= 4 is 50.7 Å². The van der Waals surface area contributed by atoms with Gasteiger partial charge in [-0.3, -0.25) is 13.9 Å². The fourth-order valence-corrected chi connectivity index (χ4v) is 6.00. The first-order valence-electron chi connectivity index (χ1n) is 13.2. The molecule has 0 aliphatic heterocycles. The Hall–Kier alpha value is -3.47. The molecule has 9 nitrogen and oxygen atoms in total. The number of benzene rings is 3. The van der Waals surface area contributed by atoms with Crippen molar-refractivity contribution in [3.63, 3.8) is 0 Å². The van der Waals surface area contributed by atoms with E-state index < -0.39 is 34.4 Å². The summed E-state index contributed by atoms with van der Waals surface area (Å²) >= 11 is 12.5. The van der Waals surface area contributed by atoms with Gasteiger partial charge in [-0.2, -0.15) is 0 Å². The molecule has 3 aromatic rings. The number of amides is 2. The van der Waals surface area contributed by atoms with Crippen molar-refractivity contribution in [2.45, 2.75) is 38.3 Å². The maximum absolute atomic E-state index is 14.1. The molecule has 1 unspecified atom stereocenters. The first kappa shape index (κ1) is 33.0. The lowest BCUT2D eigenvalue weighted by Crippen LogP contribution is -2.51. The van der Waals surface area contributed by atoms with E-state index in [0.29, 0.717) is 27.9 Å². The molecule has 0 spiro atoms. The Balaban J connectivity index is 2.11. The van der Waals surface area contributed by atoms with Gasteiger partial charge in [0.1, 0.15) is 24.1 Å². The molecule has 3 aromatic carbocycles. The molecule has 1 N–H and O–H groups in total. The standard InChI is InChI=1S/C30H35Cl2N3O6S/c1-20(2)17-33-30(37)21(3)34(18-22-11-12-23(31)15-26(22)32)29(36)19-35(42(38,39)25-9-7-6-8-10-25)27-16-24(40-4)13-14-28(27)41-5/h6-16,20-21H,17-19H2,1-5H3,(H,33,37). The number of halogens is 2. The van der Waals surface area contributed by atoms with E-state index >= 15 is 0 Å². The second-order valence-corrected chi connectivity index (χ2v) is 12.6. The summed E-state index contributed by atoms with van der Waals surface area (Å²) in [7, 11) is -1.44. The summed E-state index contributed by atoms with van der Waals surface area (Å²) in [6.07, 6.45) is 0. The number of anilines is 1. The van der Waals surface area contributed by atoms with E-state index in [-0.39, 0.29) is 28.8 Å². The third-order valence-corrected chi connectivity index (χ3v) is 8.83. The highest BCUT2D eigenvalue weighted by Crippen LogP contribution is 2.36. The molecular formula is C30H35Cl2N3O6S. The maximum Gasteiger partial charge on any atom is 0.264 e. The van der Waals surface area contributed by atoms with E-state index in [0.717, 1.165) is 4.31 Å². The van der Waals surface area contributed by atoms with Gasteiger partial charge in [-0.25, -0.2) is 8.42 Å². The number of sulfonamides is 1. The van der Waals surface area contributed by atoms with Gasteiger partial charge in [-0.15, -0.1) is 0 Å². The molecule has 42 heavy (non-hydrogen) atoms. The quantitative estimate of drug-likeness (QED) is 0.270. The zero-order chi connectivity index (χ0) is 31.0. The molecule has 12 heteroatoms. The molecule has 0 radical (unpaired) electrons. The van der Waals surface area contributed by atoms with Crippen LogP contribution in [0, 0.1) is 5.92 Å². The van der Waals surface area contributed by atoms with Crippen molar-refractivity contribution < 1.29 is 27.5 Å². The van der Waals surface area contributed by atoms with Crippen molar-refractivity contribution in [3.05, 3.63) is 82.3 Å². The molecule has 0 aromatic heterocycles. The number of nitrogens with one attached hydrogen (secondary N) is 1. The van der Waals surface area contributed by atoms with Crippen LogP contribution in [0.25, 0.3) is 0 Å². The van der Waals surface area contributed by atoms with Crippen LogP contribution in [-0.4, -0.2) is 58.5 Å². The average Bonchev–Trinajstić information content (AvgIpc) is 2.97. The van der Waals surface area contributed by atoms with Crippen LogP contribution in [0.2, 0.25) is 10.0 Å². The molecule has 0 saturated heterocycles. The van der Waals surface area contributed by atoms with Crippen molar-refractivity contribution in [2.24, 2.45) is 5.92 Å². The van der Waals surface area contributed by atoms with Crippen LogP contribution in [-0.2, 0) is 26.2 Å². The number of ether oxygens (including phenoxy) is 2. The first-order chi connectivity index (χ1) is 19.9. The van der Waals surface area contributed by atoms with Crippen molar-refractivity contribution in [2.75, 3.05) is 31.6 Å². The second-order valence-electron chi connectivity index (χ2n) is 9.93. The minimum absolute atomic E-state index is 0.0299. The van der Waals surface area contributed by atoms with Crippen molar-refractivity contribution in [1.82, 2.24) is 10.2 Å². The lowest BCUT2D eigenvalue weighted by molar-refractivity contribution is -0.139. The number of methoxy groups -OCH3 is 2. The van der Waals surface area contributed by atoms with Gasteiger partial charge in [-0.1, -0.05) is 61.3 Å². The lowest BCUT2D eigenvalue weighted by atomic mass is 10.1. The van der Waals surface area contributed by atoms with Crippen LogP contribution in [0.15, 0.2) is 71.6 Å². The highest BCUT2D eigenvalue weighted by atomic mass is 35.5. The van der Waals surface area contributed by atoms with E-state index in [2.05, 4.69) is 5.32 Å². The number of hydrogen-bond acceptors (Lipinski definition) is 6. The molecule has 2 amide bonds. The third-order valence-electron chi connectivity index (χ3n) is 6.47. The van der Waals surface area contributed by atoms with Gasteiger partial charge in [0.25, 0.3) is 10.0 Å². The Morgan fingerprint density at radius 2 is 1.62 bits per heavy atom. The zero-order valence-electron chi connectivity index (χ0n) is 24.1. The monoisotopic (exact) mass is 635 g/mol. The smallest absolute Gasteiger partial charge is 0.264 e. The number of nitrogens with zero attached hydrogens (tertiary/aromatic N) is 2. The third kappa shape index (κ3) is 8.08. The molecular weight excluding hydrogens is 601 g/mol. The van der Waals surface area contributed by atoms with E-state index in [1.807, 2.05) is 13.8 Å².